The zero-order chi connectivity index (χ0) is 34.0. The van der Waals surface area contributed by atoms with Gasteiger partial charge in [-0.05, 0) is 30.3 Å². The maximum Gasteiger partial charge on any atom is 0.337 e. The summed E-state index contributed by atoms with van der Waals surface area (Å²) in [5.41, 5.74) is 13.6. The van der Waals surface area contributed by atoms with E-state index in [2.05, 4.69) is 10.2 Å². The van der Waals surface area contributed by atoms with E-state index in [1.807, 2.05) is 0 Å². The standard InChI is InChI=1S/C17H13N5O11S2.C7H7NO2/c18-14-10(21-20-9-3-6(22(26)27)1-2-7(9)17(24)25)5-11(34(28,29)30)8-4-12(35(31,32)33)15(19)16(23)13(8)14;8-6-4-2-1-3-5(6)7(9)10/h1-5,23H,18-19H2,(H,24,25)(H,28,29,30)(H,31,32,33);1-4H,8H2,(H,9,10). The van der Waals surface area contributed by atoms with E-state index in [0.717, 1.165) is 18.2 Å². The van der Waals surface area contributed by atoms with Crippen LogP contribution < -0.4 is 17.2 Å². The number of carbonyl (C=O) groups is 2. The smallest absolute Gasteiger partial charge is 0.337 e. The Labute approximate surface area is 251 Å². The van der Waals surface area contributed by atoms with E-state index >= 15 is 0 Å². The largest absolute Gasteiger partial charge is 0.505 e. The van der Waals surface area contributed by atoms with E-state index in [9.17, 15) is 55.9 Å². The zero-order valence-electron chi connectivity index (χ0n) is 22.1. The number of aromatic carboxylic acids is 2. The summed E-state index contributed by atoms with van der Waals surface area (Å²) in [4.78, 5) is 29.8. The van der Waals surface area contributed by atoms with Crippen LogP contribution in [0.1, 0.15) is 20.7 Å². The molecule has 4 rings (SSSR count). The number of non-ortho nitro benzene ring substituents is 1. The van der Waals surface area contributed by atoms with Gasteiger partial charge >= 0.3 is 11.9 Å². The normalized spacial score (nSPS) is 11.6. The molecule has 4 aromatic carbocycles. The van der Waals surface area contributed by atoms with Gasteiger partial charge in [-0.1, -0.05) is 12.1 Å². The summed E-state index contributed by atoms with van der Waals surface area (Å²) in [6, 6.07) is 10.1. The number of nitro groups is 1. The third-order valence-corrected chi connectivity index (χ3v) is 7.60. The molecule has 11 N–H and O–H groups in total. The molecule has 0 atom stereocenters. The van der Waals surface area contributed by atoms with Gasteiger partial charge in [-0.2, -0.15) is 16.8 Å². The molecular weight excluding hydrogens is 644 g/mol. The van der Waals surface area contributed by atoms with Gasteiger partial charge < -0.3 is 32.5 Å². The van der Waals surface area contributed by atoms with Gasteiger partial charge in [0.05, 0.1) is 32.8 Å². The molecule has 236 valence electrons. The molecule has 0 bridgehead atoms. The number of hydrogen-bond donors (Lipinski definition) is 8. The molecule has 4 aromatic rings. The van der Waals surface area contributed by atoms with Crippen LogP contribution in [0.2, 0.25) is 0 Å². The highest BCUT2D eigenvalue weighted by atomic mass is 32.2. The molecule has 21 heteroatoms. The van der Waals surface area contributed by atoms with Crippen LogP contribution in [0.15, 0.2) is 74.6 Å². The number of anilines is 3. The van der Waals surface area contributed by atoms with E-state index in [1.165, 1.54) is 6.07 Å². The summed E-state index contributed by atoms with van der Waals surface area (Å²) in [5, 5.41) is 45.1. The van der Waals surface area contributed by atoms with Crippen LogP contribution in [0.25, 0.3) is 10.8 Å². The van der Waals surface area contributed by atoms with Gasteiger partial charge in [0.2, 0.25) is 0 Å². The SMILES string of the molecule is Nc1c(S(=O)(=O)O)cc2c(S(=O)(=O)O)cc(N=Nc3cc([N+](=O)[O-])ccc3C(=O)O)c(N)c2c1O.Nc1ccccc1C(=O)O. The Morgan fingerprint density at radius 2 is 1.31 bits per heavy atom. The minimum absolute atomic E-state index is 0.155. The van der Waals surface area contributed by atoms with E-state index in [4.69, 9.17) is 22.3 Å². The molecule has 0 radical (unpaired) electrons. The van der Waals surface area contributed by atoms with Crippen molar-refractivity contribution in [2.45, 2.75) is 9.79 Å². The number of azo groups is 1. The van der Waals surface area contributed by atoms with Crippen LogP contribution in [-0.2, 0) is 20.2 Å². The van der Waals surface area contributed by atoms with Crippen molar-refractivity contribution >= 4 is 77.1 Å². The molecule has 0 aliphatic heterocycles. The first-order chi connectivity index (χ1) is 20.7. The summed E-state index contributed by atoms with van der Waals surface area (Å²) >= 11 is 0. The van der Waals surface area contributed by atoms with Crippen LogP contribution in [0, 0.1) is 10.1 Å². The number of phenolic OH excluding ortho intramolecular Hbond substituents is 1. The van der Waals surface area contributed by atoms with Gasteiger partial charge in [0.15, 0.2) is 0 Å². The number of carboxylic acid groups (broad SMARTS) is 2. The van der Waals surface area contributed by atoms with E-state index in [1.54, 1.807) is 18.2 Å². The maximum absolute atomic E-state index is 12.0. The predicted octanol–water partition coefficient (Wildman–Crippen LogP) is 3.19. The quantitative estimate of drug-likeness (QED) is 0.0351. The number of benzene rings is 4. The topological polar surface area (TPSA) is 349 Å². The number of aromatic hydroxyl groups is 1. The fourth-order valence-electron chi connectivity index (χ4n) is 3.74. The number of nitrogens with zero attached hydrogens (tertiary/aromatic N) is 3. The number of carboxylic acids is 2. The third-order valence-electron chi connectivity index (χ3n) is 5.82. The number of nitrogens with two attached hydrogens (primary N) is 3. The summed E-state index contributed by atoms with van der Waals surface area (Å²) in [6.45, 7) is 0. The Hall–Kier alpha value is -5.90. The fourth-order valence-corrected chi connectivity index (χ4v) is 5.08. The van der Waals surface area contributed by atoms with Gasteiger partial charge in [-0.25, -0.2) is 9.59 Å². The Bertz CT molecular complexity index is 2150. The number of rotatable bonds is 7. The lowest BCUT2D eigenvalue weighted by Crippen LogP contribution is -2.07. The van der Waals surface area contributed by atoms with Crippen molar-refractivity contribution in [1.29, 1.82) is 0 Å². The molecule has 0 heterocycles. The van der Waals surface area contributed by atoms with E-state index in [-0.39, 0.29) is 5.56 Å². The second-order valence-electron chi connectivity index (χ2n) is 8.67. The number of phenols is 1. The molecule has 0 spiro atoms. The van der Waals surface area contributed by atoms with Crippen molar-refractivity contribution in [2.24, 2.45) is 10.2 Å². The minimum Gasteiger partial charge on any atom is -0.505 e. The average molecular weight is 665 g/mol. The van der Waals surface area contributed by atoms with Crippen molar-refractivity contribution in [2.75, 3.05) is 17.2 Å². The molecular formula is C24H20N6O13S2. The summed E-state index contributed by atoms with van der Waals surface area (Å²) in [5.74, 6) is -3.60. The van der Waals surface area contributed by atoms with Crippen molar-refractivity contribution in [3.63, 3.8) is 0 Å². The molecule has 0 fully saturated rings. The first-order valence-corrected chi connectivity index (χ1v) is 14.5. The molecule has 0 saturated heterocycles. The first-order valence-electron chi connectivity index (χ1n) is 11.6. The Kier molecular flexibility index (Phi) is 9.24. The highest BCUT2D eigenvalue weighted by Crippen LogP contribution is 2.45. The van der Waals surface area contributed by atoms with Crippen LogP contribution in [0.3, 0.4) is 0 Å². The summed E-state index contributed by atoms with van der Waals surface area (Å²) < 4.78 is 66.1. The maximum atomic E-state index is 12.0. The molecule has 0 aromatic heterocycles. The number of nitro benzene ring substituents is 1. The number of nitrogen functional groups attached to an aromatic ring is 3. The minimum atomic E-state index is -5.15. The molecule has 0 aliphatic rings. The molecule has 0 saturated carbocycles. The van der Waals surface area contributed by atoms with Crippen LogP contribution in [-0.4, -0.2) is 58.1 Å². The van der Waals surface area contributed by atoms with Gasteiger partial charge in [-0.15, -0.1) is 10.2 Å². The molecule has 0 aliphatic carbocycles. The van der Waals surface area contributed by atoms with Gasteiger partial charge in [-0.3, -0.25) is 19.2 Å². The lowest BCUT2D eigenvalue weighted by Gasteiger charge is -2.14. The van der Waals surface area contributed by atoms with Crippen molar-refractivity contribution in [3.05, 3.63) is 75.8 Å². The lowest BCUT2D eigenvalue weighted by molar-refractivity contribution is -0.384. The van der Waals surface area contributed by atoms with Crippen LogP contribution in [0.5, 0.6) is 5.75 Å². The fraction of sp³-hybridized carbons (Fsp3) is 0. The van der Waals surface area contributed by atoms with Gasteiger partial charge in [0.25, 0.3) is 25.9 Å². The molecule has 19 nitrogen and oxygen atoms in total. The summed E-state index contributed by atoms with van der Waals surface area (Å²) in [7, 11) is -10.2. The monoisotopic (exact) mass is 664 g/mol. The second kappa shape index (κ2) is 12.4. The molecule has 0 amide bonds. The lowest BCUT2D eigenvalue weighted by atomic mass is 10.1. The van der Waals surface area contributed by atoms with Gasteiger partial charge in [0, 0.05) is 23.2 Å². The molecule has 45 heavy (non-hydrogen) atoms. The van der Waals surface area contributed by atoms with Crippen LogP contribution >= 0.6 is 0 Å². The van der Waals surface area contributed by atoms with E-state index in [0.29, 0.717) is 17.8 Å². The van der Waals surface area contributed by atoms with Crippen molar-refractivity contribution < 1.29 is 55.8 Å². The number of para-hydroxylation sites is 1. The Morgan fingerprint density at radius 1 is 0.756 bits per heavy atom. The van der Waals surface area contributed by atoms with Crippen molar-refractivity contribution in [3.8, 4) is 5.75 Å². The number of hydrogen-bond acceptors (Lipinski definition) is 14. The van der Waals surface area contributed by atoms with E-state index < -0.39 is 97.4 Å². The van der Waals surface area contributed by atoms with Crippen molar-refractivity contribution in [1.82, 2.24) is 0 Å². The van der Waals surface area contributed by atoms with Gasteiger partial charge in [0.1, 0.15) is 26.9 Å². The third kappa shape index (κ3) is 7.19. The first kappa shape index (κ1) is 33.6. The highest BCUT2D eigenvalue weighted by Gasteiger charge is 2.27. The second-order valence-corrected chi connectivity index (χ2v) is 11.5. The van der Waals surface area contributed by atoms with Crippen LogP contribution in [0.4, 0.5) is 34.1 Å². The zero-order valence-corrected chi connectivity index (χ0v) is 23.7. The average Bonchev–Trinajstić information content (AvgIpc) is 2.93. The Morgan fingerprint density at radius 3 is 1.80 bits per heavy atom. The molecule has 0 unspecified atom stereocenters. The predicted molar refractivity (Wildman–Crippen MR) is 156 cm³/mol. The highest BCUT2D eigenvalue weighted by molar-refractivity contribution is 7.86. The summed E-state index contributed by atoms with van der Waals surface area (Å²) in [6.07, 6.45) is 0. The Balaban J connectivity index is 0.000000468. The number of fused-ring (bicyclic) bond motifs is 1.